The molecule has 0 aliphatic rings. The summed E-state index contributed by atoms with van der Waals surface area (Å²) in [5.74, 6) is -5.29. The smallest absolute Gasteiger partial charge is 0.305 e. The number of non-ortho nitro benzene ring substituents is 1. The molecule has 0 bridgehead atoms. The number of aliphatic carboxylic acids is 1. The molecule has 0 aromatic heterocycles. The third-order valence-electron chi connectivity index (χ3n) is 5.95. The van der Waals surface area contributed by atoms with Gasteiger partial charge in [0.05, 0.1) is 17.4 Å². The monoisotopic (exact) mass is 569 g/mol. The van der Waals surface area contributed by atoms with Crippen LogP contribution in [0.2, 0.25) is 0 Å². The number of carbonyl (C=O) groups is 4. The summed E-state index contributed by atoms with van der Waals surface area (Å²) in [7, 11) is 0. The highest BCUT2D eigenvalue weighted by molar-refractivity contribution is 5.95. The van der Waals surface area contributed by atoms with Gasteiger partial charge in [0.15, 0.2) is 24.0 Å². The molecule has 3 aromatic carbocycles. The third kappa shape index (κ3) is 8.46. The summed E-state index contributed by atoms with van der Waals surface area (Å²) in [5.41, 5.74) is -0.526. The topological polar surface area (TPSA) is 174 Å². The largest absolute Gasteiger partial charge is 0.483 e. The number of carboxylic acid groups (broad SMARTS) is 1. The van der Waals surface area contributed by atoms with Crippen LogP contribution in [-0.2, 0) is 19.2 Å². The number of ketones is 1. The van der Waals surface area contributed by atoms with Gasteiger partial charge in [-0.1, -0.05) is 50.2 Å². The van der Waals surface area contributed by atoms with Crippen LogP contribution in [0.1, 0.15) is 20.3 Å². The lowest BCUT2D eigenvalue weighted by molar-refractivity contribution is -0.385. The first-order valence-electron chi connectivity index (χ1n) is 12.5. The molecule has 0 aliphatic heterocycles. The van der Waals surface area contributed by atoms with Crippen molar-refractivity contribution in [3.63, 3.8) is 0 Å². The predicted molar refractivity (Wildman–Crippen MR) is 144 cm³/mol. The fraction of sp³-hybridized carbons (Fsp3) is 0.286. The number of hydrogen-bond acceptors (Lipinski definition) is 8. The molecule has 0 heterocycles. The van der Waals surface area contributed by atoms with Gasteiger partial charge in [0.2, 0.25) is 5.91 Å². The normalized spacial score (nSPS) is 12.3. The van der Waals surface area contributed by atoms with E-state index < -0.39 is 83.4 Å². The van der Waals surface area contributed by atoms with Crippen molar-refractivity contribution in [2.75, 3.05) is 13.2 Å². The zero-order chi connectivity index (χ0) is 30.1. The second-order valence-corrected chi connectivity index (χ2v) is 9.34. The number of nitrogens with zero attached hydrogens (tertiary/aromatic N) is 1. The standard InChI is InChI=1S/C28H28FN3O9/c1-16(2)27(31-25(34)15-41-23-9-5-7-17-6-3-4-8-19(17)23)28(37)30-21(13-26(35)36)22(33)14-40-24-11-10-18(32(38)39)12-20(24)29/h3-12,16,21,27H,13-15H2,1-2H3,(H,30,37)(H,31,34)(H,35,36)/t21-,27-/m0/s1. The lowest BCUT2D eigenvalue weighted by Gasteiger charge is -2.24. The molecule has 2 atom stereocenters. The molecule has 2 amide bonds. The molecule has 3 rings (SSSR count). The van der Waals surface area contributed by atoms with Crippen LogP contribution in [0, 0.1) is 21.8 Å². The van der Waals surface area contributed by atoms with E-state index in [4.69, 9.17) is 9.47 Å². The van der Waals surface area contributed by atoms with Crippen molar-refractivity contribution in [3.05, 3.63) is 76.6 Å². The van der Waals surface area contributed by atoms with Gasteiger partial charge in [0.1, 0.15) is 24.4 Å². The van der Waals surface area contributed by atoms with Crippen LogP contribution in [0.4, 0.5) is 10.1 Å². The number of benzene rings is 3. The second kappa shape index (κ2) is 13.8. The minimum atomic E-state index is -1.56. The fourth-order valence-corrected chi connectivity index (χ4v) is 3.87. The summed E-state index contributed by atoms with van der Waals surface area (Å²) in [6.07, 6.45) is -0.806. The number of carboxylic acids is 1. The molecular formula is C28H28FN3O9. The lowest BCUT2D eigenvalue weighted by atomic mass is 10.0. The van der Waals surface area contributed by atoms with E-state index in [9.17, 15) is 38.8 Å². The molecule has 3 aromatic rings. The van der Waals surface area contributed by atoms with Crippen molar-refractivity contribution >= 4 is 40.0 Å². The quantitative estimate of drug-likeness (QED) is 0.195. The van der Waals surface area contributed by atoms with Gasteiger partial charge in [-0.2, -0.15) is 0 Å². The molecular weight excluding hydrogens is 541 g/mol. The number of Topliss-reactive ketones (excluding diaryl/α,β-unsaturated/α-hetero) is 1. The van der Waals surface area contributed by atoms with E-state index in [-0.39, 0.29) is 0 Å². The predicted octanol–water partition coefficient (Wildman–Crippen LogP) is 3.01. The van der Waals surface area contributed by atoms with E-state index >= 15 is 0 Å². The molecule has 0 spiro atoms. The Morgan fingerprint density at radius 1 is 0.951 bits per heavy atom. The number of ether oxygens (including phenoxy) is 2. The summed E-state index contributed by atoms with van der Waals surface area (Å²) in [4.78, 5) is 59.7. The van der Waals surface area contributed by atoms with E-state index in [1.165, 1.54) is 0 Å². The first-order valence-corrected chi connectivity index (χ1v) is 12.5. The minimum absolute atomic E-state index is 0.406. The number of nitrogens with one attached hydrogen (secondary N) is 2. The molecule has 0 aliphatic carbocycles. The van der Waals surface area contributed by atoms with Crippen LogP contribution in [0.5, 0.6) is 11.5 Å². The fourth-order valence-electron chi connectivity index (χ4n) is 3.87. The van der Waals surface area contributed by atoms with E-state index in [1.807, 2.05) is 30.3 Å². The molecule has 0 unspecified atom stereocenters. The Balaban J connectivity index is 1.63. The van der Waals surface area contributed by atoms with Crippen molar-refractivity contribution in [1.82, 2.24) is 10.6 Å². The average Bonchev–Trinajstić information content (AvgIpc) is 2.92. The van der Waals surface area contributed by atoms with Crippen molar-refractivity contribution in [1.29, 1.82) is 0 Å². The third-order valence-corrected chi connectivity index (χ3v) is 5.95. The molecule has 13 heteroatoms. The molecule has 0 fully saturated rings. The van der Waals surface area contributed by atoms with Crippen molar-refractivity contribution < 1.29 is 43.1 Å². The van der Waals surface area contributed by atoms with Gasteiger partial charge in [-0.05, 0) is 23.4 Å². The maximum atomic E-state index is 14.1. The van der Waals surface area contributed by atoms with Gasteiger partial charge in [-0.25, -0.2) is 4.39 Å². The Bertz CT molecular complexity index is 1460. The van der Waals surface area contributed by atoms with Crippen LogP contribution in [0.25, 0.3) is 10.8 Å². The van der Waals surface area contributed by atoms with Gasteiger partial charge in [0.25, 0.3) is 11.6 Å². The van der Waals surface area contributed by atoms with E-state index in [0.717, 1.165) is 22.9 Å². The Hall–Kier alpha value is -5.07. The number of nitro groups is 1. The number of nitro benzene ring substituents is 1. The highest BCUT2D eigenvalue weighted by Crippen LogP contribution is 2.25. The molecule has 0 radical (unpaired) electrons. The van der Waals surface area contributed by atoms with Gasteiger partial charge in [-0.3, -0.25) is 29.3 Å². The lowest BCUT2D eigenvalue weighted by Crippen LogP contribution is -2.55. The van der Waals surface area contributed by atoms with Crippen LogP contribution in [0.15, 0.2) is 60.7 Å². The first kappa shape index (κ1) is 30.5. The molecule has 41 heavy (non-hydrogen) atoms. The molecule has 12 nitrogen and oxygen atoms in total. The number of hydrogen-bond donors (Lipinski definition) is 3. The number of rotatable bonds is 14. The Morgan fingerprint density at radius 3 is 2.29 bits per heavy atom. The highest BCUT2D eigenvalue weighted by Gasteiger charge is 2.30. The number of carbonyl (C=O) groups excluding carboxylic acids is 3. The maximum Gasteiger partial charge on any atom is 0.305 e. The summed E-state index contributed by atoms with van der Waals surface area (Å²) >= 11 is 0. The molecule has 3 N–H and O–H groups in total. The van der Waals surface area contributed by atoms with Gasteiger partial charge in [-0.15, -0.1) is 0 Å². The Kier molecular flexibility index (Phi) is 10.3. The van der Waals surface area contributed by atoms with Crippen molar-refractivity contribution in [2.45, 2.75) is 32.4 Å². The van der Waals surface area contributed by atoms with Crippen LogP contribution in [-0.4, -0.2) is 58.9 Å². The number of amides is 2. The second-order valence-electron chi connectivity index (χ2n) is 9.34. The van der Waals surface area contributed by atoms with Crippen molar-refractivity contribution in [3.8, 4) is 11.5 Å². The summed E-state index contributed by atoms with van der Waals surface area (Å²) < 4.78 is 24.8. The first-order chi connectivity index (χ1) is 19.5. The van der Waals surface area contributed by atoms with Gasteiger partial charge >= 0.3 is 5.97 Å². The zero-order valence-corrected chi connectivity index (χ0v) is 22.2. The molecule has 0 saturated heterocycles. The van der Waals surface area contributed by atoms with Crippen LogP contribution in [0.3, 0.4) is 0 Å². The average molecular weight is 570 g/mol. The zero-order valence-electron chi connectivity index (χ0n) is 22.2. The van der Waals surface area contributed by atoms with Crippen LogP contribution >= 0.6 is 0 Å². The number of halogens is 1. The summed E-state index contributed by atoms with van der Waals surface area (Å²) in [6.45, 7) is 2.05. The van der Waals surface area contributed by atoms with E-state index in [1.54, 1.807) is 26.0 Å². The summed E-state index contributed by atoms with van der Waals surface area (Å²) in [6, 6.07) is 12.6. The molecule has 0 saturated carbocycles. The Morgan fingerprint density at radius 2 is 1.63 bits per heavy atom. The maximum absolute atomic E-state index is 14.1. The van der Waals surface area contributed by atoms with E-state index in [2.05, 4.69) is 10.6 Å². The molecule has 216 valence electrons. The minimum Gasteiger partial charge on any atom is -0.483 e. The van der Waals surface area contributed by atoms with Crippen LogP contribution < -0.4 is 20.1 Å². The summed E-state index contributed by atoms with van der Waals surface area (Å²) in [5, 5.41) is 26.6. The SMILES string of the molecule is CC(C)[C@H](NC(=O)COc1cccc2ccccc12)C(=O)N[C@@H](CC(=O)O)C(=O)COc1ccc([N+](=O)[O-])cc1F. The van der Waals surface area contributed by atoms with Gasteiger partial charge < -0.3 is 25.2 Å². The van der Waals surface area contributed by atoms with Crippen molar-refractivity contribution in [2.24, 2.45) is 5.92 Å². The number of fused-ring (bicyclic) bond motifs is 1. The van der Waals surface area contributed by atoms with Gasteiger partial charge in [0, 0.05) is 11.5 Å². The Labute approximate surface area is 233 Å². The highest BCUT2D eigenvalue weighted by atomic mass is 19.1. The van der Waals surface area contributed by atoms with E-state index in [0.29, 0.717) is 11.8 Å².